The zero-order chi connectivity index (χ0) is 21.7. The molecule has 2 atom stereocenters. The highest BCUT2D eigenvalue weighted by atomic mass is 16.2. The molecule has 0 aromatic heterocycles. The number of Topliss-reactive ketones (excluding diaryl/α,β-unsaturated/α-hetero) is 1. The zero-order valence-corrected chi connectivity index (χ0v) is 18.5. The van der Waals surface area contributed by atoms with Crippen molar-refractivity contribution in [1.82, 2.24) is 4.90 Å². The number of hydrogen-bond donors (Lipinski definition) is 1. The maximum absolute atomic E-state index is 12.9. The Hall–Kier alpha value is -2.66. The van der Waals surface area contributed by atoms with Gasteiger partial charge in [-0.2, -0.15) is 0 Å². The molecule has 0 spiro atoms. The van der Waals surface area contributed by atoms with Gasteiger partial charge in [-0.1, -0.05) is 32.0 Å². The number of para-hydroxylation sites is 1. The molecular formula is C25H33N3O2. The van der Waals surface area contributed by atoms with Crippen LogP contribution in [0, 0.1) is 0 Å². The molecule has 1 aliphatic heterocycles. The summed E-state index contributed by atoms with van der Waals surface area (Å²) in [7, 11) is 0. The van der Waals surface area contributed by atoms with Crippen LogP contribution in [0.2, 0.25) is 0 Å². The summed E-state index contributed by atoms with van der Waals surface area (Å²) in [6, 6.07) is 15.7. The third-order valence-electron chi connectivity index (χ3n) is 6.24. The lowest BCUT2D eigenvalue weighted by molar-refractivity contribution is -0.120. The molecule has 3 rings (SSSR count). The van der Waals surface area contributed by atoms with E-state index in [4.69, 9.17) is 0 Å². The molecule has 0 saturated carbocycles. The van der Waals surface area contributed by atoms with Gasteiger partial charge in [0.2, 0.25) is 5.91 Å². The van der Waals surface area contributed by atoms with Crippen LogP contribution in [-0.4, -0.2) is 48.8 Å². The second kappa shape index (κ2) is 9.90. The van der Waals surface area contributed by atoms with E-state index >= 15 is 0 Å². The second-order valence-electron chi connectivity index (χ2n) is 8.19. The average molecular weight is 408 g/mol. The summed E-state index contributed by atoms with van der Waals surface area (Å²) in [6.07, 6.45) is 1.04. The minimum absolute atomic E-state index is 0.0463. The summed E-state index contributed by atoms with van der Waals surface area (Å²) < 4.78 is 0. The lowest BCUT2D eigenvalue weighted by Gasteiger charge is -2.38. The number of amides is 1. The monoisotopic (exact) mass is 407 g/mol. The van der Waals surface area contributed by atoms with Crippen LogP contribution < -0.4 is 10.2 Å². The van der Waals surface area contributed by atoms with Crippen LogP contribution in [-0.2, 0) is 4.79 Å². The zero-order valence-electron chi connectivity index (χ0n) is 18.5. The smallest absolute Gasteiger partial charge is 0.241 e. The average Bonchev–Trinajstić information content (AvgIpc) is 2.78. The van der Waals surface area contributed by atoms with Gasteiger partial charge in [0.05, 0.1) is 6.04 Å². The first-order chi connectivity index (χ1) is 14.4. The first-order valence-corrected chi connectivity index (χ1v) is 10.9. The summed E-state index contributed by atoms with van der Waals surface area (Å²) in [6.45, 7) is 11.3. The lowest BCUT2D eigenvalue weighted by Crippen LogP contribution is -2.52. The third-order valence-corrected chi connectivity index (χ3v) is 6.24. The Morgan fingerprint density at radius 2 is 1.60 bits per heavy atom. The topological polar surface area (TPSA) is 52.7 Å². The van der Waals surface area contributed by atoms with Gasteiger partial charge in [-0.25, -0.2) is 0 Å². The van der Waals surface area contributed by atoms with Crippen molar-refractivity contribution in [3.8, 4) is 0 Å². The largest absolute Gasteiger partial charge is 0.369 e. The number of carbonyl (C=O) groups is 2. The van der Waals surface area contributed by atoms with E-state index in [0.29, 0.717) is 5.92 Å². The predicted octanol–water partition coefficient (Wildman–Crippen LogP) is 4.55. The number of carbonyl (C=O) groups excluding carboxylic acids is 2. The number of nitrogens with zero attached hydrogens (tertiary/aromatic N) is 2. The Balaban J connectivity index is 1.58. The van der Waals surface area contributed by atoms with Crippen LogP contribution in [0.15, 0.2) is 48.5 Å². The molecule has 5 nitrogen and oxygen atoms in total. The molecule has 160 valence electrons. The quantitative estimate of drug-likeness (QED) is 0.684. The summed E-state index contributed by atoms with van der Waals surface area (Å²) in [5, 5.41) is 3.16. The minimum Gasteiger partial charge on any atom is -0.369 e. The van der Waals surface area contributed by atoms with Crippen molar-refractivity contribution in [3.63, 3.8) is 0 Å². The van der Waals surface area contributed by atoms with Crippen LogP contribution in [0.3, 0.4) is 0 Å². The summed E-state index contributed by atoms with van der Waals surface area (Å²) in [4.78, 5) is 28.9. The summed E-state index contributed by atoms with van der Waals surface area (Å²) in [5.74, 6) is 0.542. The van der Waals surface area contributed by atoms with Gasteiger partial charge in [0, 0.05) is 43.1 Å². The Morgan fingerprint density at radius 3 is 2.20 bits per heavy atom. The van der Waals surface area contributed by atoms with E-state index in [1.165, 1.54) is 5.56 Å². The molecule has 1 N–H and O–H groups in total. The predicted molar refractivity (Wildman–Crippen MR) is 123 cm³/mol. The minimum atomic E-state index is -0.183. The maximum Gasteiger partial charge on any atom is 0.241 e. The van der Waals surface area contributed by atoms with E-state index in [9.17, 15) is 9.59 Å². The Labute approximate surface area is 180 Å². The number of nitrogens with one attached hydrogen (secondary N) is 1. The van der Waals surface area contributed by atoms with Gasteiger partial charge in [-0.05, 0) is 62.1 Å². The number of rotatable bonds is 7. The first-order valence-electron chi connectivity index (χ1n) is 10.9. The Bertz CT molecular complexity index is 870. The molecule has 30 heavy (non-hydrogen) atoms. The number of piperazine rings is 1. The standard InChI is InChI=1S/C25H33N3O2/c1-5-18(2)23-8-6-7-9-24(23)26-25(30)19(3)27-14-16-28(17-15-27)22-12-10-21(11-13-22)20(4)29/h6-13,18-19H,5,14-17H2,1-4H3,(H,26,30)/t18-,19+/m0/s1. The van der Waals surface area contributed by atoms with E-state index < -0.39 is 0 Å². The van der Waals surface area contributed by atoms with Crippen molar-refractivity contribution >= 4 is 23.1 Å². The molecule has 2 aromatic carbocycles. The molecule has 0 unspecified atom stereocenters. The van der Waals surface area contributed by atoms with Gasteiger partial charge in [-0.3, -0.25) is 14.5 Å². The van der Waals surface area contributed by atoms with Gasteiger partial charge in [0.25, 0.3) is 0 Å². The fourth-order valence-corrected chi connectivity index (χ4v) is 3.94. The first kappa shape index (κ1) is 22.0. The molecular weight excluding hydrogens is 374 g/mol. The van der Waals surface area contributed by atoms with Crippen LogP contribution >= 0.6 is 0 Å². The highest BCUT2D eigenvalue weighted by molar-refractivity contribution is 5.95. The fourth-order valence-electron chi connectivity index (χ4n) is 3.94. The molecule has 1 aliphatic rings. The molecule has 1 saturated heterocycles. The molecule has 0 aliphatic carbocycles. The van der Waals surface area contributed by atoms with Crippen molar-refractivity contribution < 1.29 is 9.59 Å². The molecule has 1 fully saturated rings. The van der Waals surface area contributed by atoms with Gasteiger partial charge >= 0.3 is 0 Å². The van der Waals surface area contributed by atoms with Crippen molar-refractivity contribution in [2.75, 3.05) is 36.4 Å². The number of ketones is 1. The van der Waals surface area contributed by atoms with Crippen LogP contribution in [0.25, 0.3) is 0 Å². The molecule has 1 heterocycles. The van der Waals surface area contributed by atoms with E-state index in [1.807, 2.05) is 49.4 Å². The molecule has 5 heteroatoms. The van der Waals surface area contributed by atoms with E-state index in [-0.39, 0.29) is 17.7 Å². The van der Waals surface area contributed by atoms with Crippen molar-refractivity contribution in [1.29, 1.82) is 0 Å². The van der Waals surface area contributed by atoms with Crippen LogP contribution in [0.5, 0.6) is 0 Å². The molecule has 0 radical (unpaired) electrons. The van der Waals surface area contributed by atoms with E-state index in [0.717, 1.165) is 49.5 Å². The fraction of sp³-hybridized carbons (Fsp3) is 0.440. The number of hydrogen-bond acceptors (Lipinski definition) is 4. The normalized spacial score (nSPS) is 16.7. The highest BCUT2D eigenvalue weighted by Gasteiger charge is 2.26. The number of anilines is 2. The van der Waals surface area contributed by atoms with Crippen molar-refractivity contribution in [3.05, 3.63) is 59.7 Å². The maximum atomic E-state index is 12.9. The Morgan fingerprint density at radius 1 is 0.967 bits per heavy atom. The van der Waals surface area contributed by atoms with Crippen molar-refractivity contribution in [2.45, 2.75) is 46.1 Å². The summed E-state index contributed by atoms with van der Waals surface area (Å²) in [5.41, 5.74) is 3.98. The highest BCUT2D eigenvalue weighted by Crippen LogP contribution is 2.27. The second-order valence-corrected chi connectivity index (χ2v) is 8.19. The Kier molecular flexibility index (Phi) is 7.27. The van der Waals surface area contributed by atoms with E-state index in [2.05, 4.69) is 35.0 Å². The van der Waals surface area contributed by atoms with Crippen LogP contribution in [0.4, 0.5) is 11.4 Å². The van der Waals surface area contributed by atoms with Gasteiger partial charge in [-0.15, -0.1) is 0 Å². The third kappa shape index (κ3) is 5.08. The summed E-state index contributed by atoms with van der Waals surface area (Å²) >= 11 is 0. The van der Waals surface area contributed by atoms with E-state index in [1.54, 1.807) is 6.92 Å². The SMILES string of the molecule is CC[C@H](C)c1ccccc1NC(=O)[C@@H](C)N1CCN(c2ccc(C(C)=O)cc2)CC1. The molecule has 1 amide bonds. The number of benzene rings is 2. The van der Waals surface area contributed by atoms with Gasteiger partial charge in [0.15, 0.2) is 5.78 Å². The molecule has 0 bridgehead atoms. The van der Waals surface area contributed by atoms with Gasteiger partial charge in [0.1, 0.15) is 0 Å². The lowest BCUT2D eigenvalue weighted by atomic mass is 9.97. The van der Waals surface area contributed by atoms with Gasteiger partial charge < -0.3 is 10.2 Å². The molecule has 2 aromatic rings. The van der Waals surface area contributed by atoms with Crippen LogP contribution in [0.1, 0.15) is 56.0 Å². The van der Waals surface area contributed by atoms with Crippen molar-refractivity contribution in [2.24, 2.45) is 0 Å².